The number of aliphatic hydroxyl groups excluding tert-OH is 1. The highest BCUT2D eigenvalue weighted by Gasteiger charge is 2.29. The number of nitrogens with one attached hydrogen (secondary N) is 2. The Hall–Kier alpha value is 0.310. The van der Waals surface area contributed by atoms with Crippen LogP contribution in [-0.2, 0) is 0 Å². The lowest BCUT2D eigenvalue weighted by Gasteiger charge is -2.26. The van der Waals surface area contributed by atoms with Gasteiger partial charge >= 0.3 is 0 Å². The highest BCUT2D eigenvalue weighted by Crippen LogP contribution is 2.36. The van der Waals surface area contributed by atoms with Gasteiger partial charge in [0.1, 0.15) is 0 Å². The molecule has 4 nitrogen and oxygen atoms in total. The molecule has 3 N–H and O–H groups in total. The minimum absolute atomic E-state index is 0. The summed E-state index contributed by atoms with van der Waals surface area (Å²) in [6.45, 7) is 11.2. The number of aliphatic imine (C=N–C) groups is 1. The van der Waals surface area contributed by atoms with Gasteiger partial charge in [0.15, 0.2) is 5.96 Å². The van der Waals surface area contributed by atoms with E-state index in [0.29, 0.717) is 11.3 Å². The molecule has 0 aliphatic carbocycles. The fraction of sp³-hybridized carbons (Fsp3) is 0.933. The largest absolute Gasteiger partial charge is 0.396 e. The smallest absolute Gasteiger partial charge is 0.191 e. The van der Waals surface area contributed by atoms with Crippen LogP contribution in [0.15, 0.2) is 4.99 Å². The van der Waals surface area contributed by atoms with Gasteiger partial charge in [-0.05, 0) is 38.9 Å². The molecule has 2 atom stereocenters. The predicted molar refractivity (Wildman–Crippen MR) is 105 cm³/mol. The van der Waals surface area contributed by atoms with Gasteiger partial charge in [-0.2, -0.15) is 11.8 Å². The van der Waals surface area contributed by atoms with Crippen molar-refractivity contribution in [3.05, 3.63) is 0 Å². The lowest BCUT2D eigenvalue weighted by Crippen LogP contribution is -2.44. The van der Waals surface area contributed by atoms with Crippen LogP contribution in [0.2, 0.25) is 0 Å². The Morgan fingerprint density at radius 1 is 1.38 bits per heavy atom. The van der Waals surface area contributed by atoms with Gasteiger partial charge < -0.3 is 15.7 Å². The fourth-order valence-electron chi connectivity index (χ4n) is 2.13. The molecule has 21 heavy (non-hydrogen) atoms. The molecule has 0 spiro atoms. The van der Waals surface area contributed by atoms with Crippen LogP contribution in [0, 0.1) is 5.41 Å². The quantitative estimate of drug-likeness (QED) is 0.331. The summed E-state index contributed by atoms with van der Waals surface area (Å²) in [4.78, 5) is 4.64. The van der Waals surface area contributed by atoms with Crippen molar-refractivity contribution in [3.8, 4) is 0 Å². The highest BCUT2D eigenvalue weighted by molar-refractivity contribution is 14.0. The lowest BCUT2D eigenvalue weighted by atomic mass is 9.89. The van der Waals surface area contributed by atoms with E-state index in [4.69, 9.17) is 0 Å². The van der Waals surface area contributed by atoms with E-state index in [2.05, 4.69) is 55.1 Å². The summed E-state index contributed by atoms with van der Waals surface area (Å²) >= 11 is 2.05. The minimum Gasteiger partial charge on any atom is -0.396 e. The third kappa shape index (κ3) is 7.41. The van der Waals surface area contributed by atoms with E-state index in [9.17, 15) is 5.11 Å². The molecule has 0 aromatic heterocycles. The first-order valence-electron chi connectivity index (χ1n) is 7.74. The van der Waals surface area contributed by atoms with Gasteiger partial charge in [0.05, 0.1) is 13.2 Å². The first-order valence-corrected chi connectivity index (χ1v) is 8.72. The van der Waals surface area contributed by atoms with Crippen LogP contribution in [0.25, 0.3) is 0 Å². The maximum atomic E-state index is 9.46. The number of rotatable bonds is 7. The van der Waals surface area contributed by atoms with Crippen molar-refractivity contribution in [2.75, 3.05) is 32.0 Å². The molecule has 1 heterocycles. The number of thioether (sulfide) groups is 1. The van der Waals surface area contributed by atoms with Crippen LogP contribution in [0.4, 0.5) is 0 Å². The molecule has 1 aliphatic heterocycles. The molecule has 2 unspecified atom stereocenters. The second-order valence-corrected chi connectivity index (χ2v) is 7.96. The first-order chi connectivity index (χ1) is 9.47. The maximum Gasteiger partial charge on any atom is 0.191 e. The highest BCUT2D eigenvalue weighted by atomic mass is 127. The molecule has 1 rings (SSSR count). The molecule has 0 amide bonds. The van der Waals surface area contributed by atoms with Crippen molar-refractivity contribution < 1.29 is 5.11 Å². The van der Waals surface area contributed by atoms with Crippen molar-refractivity contribution in [2.24, 2.45) is 10.4 Å². The summed E-state index contributed by atoms with van der Waals surface area (Å²) in [5, 5.41) is 16.2. The molecule has 126 valence electrons. The molecular formula is C15H32IN3OS. The van der Waals surface area contributed by atoms with Gasteiger partial charge in [0.25, 0.3) is 0 Å². The number of hydrogen-bond acceptors (Lipinski definition) is 3. The summed E-state index contributed by atoms with van der Waals surface area (Å²) < 4.78 is 0.335. The first kappa shape index (κ1) is 21.3. The van der Waals surface area contributed by atoms with E-state index in [1.165, 1.54) is 18.6 Å². The van der Waals surface area contributed by atoms with Crippen molar-refractivity contribution in [1.82, 2.24) is 10.6 Å². The summed E-state index contributed by atoms with van der Waals surface area (Å²) in [7, 11) is 0. The Morgan fingerprint density at radius 2 is 2.10 bits per heavy atom. The van der Waals surface area contributed by atoms with Gasteiger partial charge in [-0.3, -0.25) is 4.99 Å². The van der Waals surface area contributed by atoms with Gasteiger partial charge in [0.2, 0.25) is 0 Å². The average Bonchev–Trinajstić information content (AvgIpc) is 2.89. The summed E-state index contributed by atoms with van der Waals surface area (Å²) in [6.07, 6.45) is 3.52. The van der Waals surface area contributed by atoms with Crippen LogP contribution in [0.5, 0.6) is 0 Å². The van der Waals surface area contributed by atoms with E-state index in [0.717, 1.165) is 25.5 Å². The van der Waals surface area contributed by atoms with E-state index in [1.54, 1.807) is 0 Å². The summed E-state index contributed by atoms with van der Waals surface area (Å²) in [5.41, 5.74) is -0.117. The Balaban J connectivity index is 0.00000400. The number of halogens is 1. The number of hydrogen-bond donors (Lipinski definition) is 3. The number of aliphatic hydroxyl groups is 1. The van der Waals surface area contributed by atoms with Crippen LogP contribution in [0.1, 0.15) is 47.0 Å². The van der Waals surface area contributed by atoms with Crippen molar-refractivity contribution in [1.29, 1.82) is 0 Å². The molecule has 1 fully saturated rings. The van der Waals surface area contributed by atoms with E-state index >= 15 is 0 Å². The Labute approximate surface area is 151 Å². The molecule has 1 aliphatic rings. The molecule has 6 heteroatoms. The van der Waals surface area contributed by atoms with Gasteiger partial charge in [-0.1, -0.05) is 13.8 Å². The van der Waals surface area contributed by atoms with Crippen molar-refractivity contribution >= 4 is 41.7 Å². The Kier molecular flexibility index (Phi) is 10.3. The zero-order valence-corrected chi connectivity index (χ0v) is 17.0. The monoisotopic (exact) mass is 429 g/mol. The SMILES string of the molecule is CCNC(=NCC(C)(CC)CO)NCC1(C)CCCS1.I. The van der Waals surface area contributed by atoms with Crippen LogP contribution in [-0.4, -0.2) is 47.8 Å². The molecule has 0 aromatic carbocycles. The standard InChI is InChI=1S/C15H31N3OS.HI/c1-5-14(3,12-19)10-17-13(16-6-2)18-11-15(4)8-7-9-20-15;/h19H,5-12H2,1-4H3,(H2,16,17,18);1H. The zero-order valence-electron chi connectivity index (χ0n) is 13.9. The normalized spacial score (nSPS) is 25.1. The fourth-order valence-corrected chi connectivity index (χ4v) is 3.38. The molecule has 0 radical (unpaired) electrons. The summed E-state index contributed by atoms with van der Waals surface area (Å²) in [6, 6.07) is 0. The topological polar surface area (TPSA) is 56.7 Å². The van der Waals surface area contributed by atoms with Crippen LogP contribution < -0.4 is 10.6 Å². The third-order valence-electron chi connectivity index (χ3n) is 4.13. The average molecular weight is 429 g/mol. The van der Waals surface area contributed by atoms with E-state index in [-0.39, 0.29) is 36.0 Å². The van der Waals surface area contributed by atoms with Gasteiger partial charge in [-0.25, -0.2) is 0 Å². The third-order valence-corrected chi connectivity index (χ3v) is 5.67. The van der Waals surface area contributed by atoms with Gasteiger partial charge in [0, 0.05) is 23.3 Å². The van der Waals surface area contributed by atoms with Gasteiger partial charge in [-0.15, -0.1) is 24.0 Å². The summed E-state index contributed by atoms with van der Waals surface area (Å²) in [5.74, 6) is 2.14. The zero-order chi connectivity index (χ0) is 15.1. The van der Waals surface area contributed by atoms with E-state index in [1.807, 2.05) is 0 Å². The number of guanidine groups is 1. The van der Waals surface area contributed by atoms with Crippen LogP contribution >= 0.6 is 35.7 Å². The van der Waals surface area contributed by atoms with Crippen molar-refractivity contribution in [3.63, 3.8) is 0 Å². The molecule has 0 bridgehead atoms. The maximum absolute atomic E-state index is 9.46. The second-order valence-electron chi connectivity index (χ2n) is 6.27. The lowest BCUT2D eigenvalue weighted by molar-refractivity contribution is 0.145. The molecule has 0 saturated carbocycles. The minimum atomic E-state index is -0.117. The molecule has 0 aromatic rings. The predicted octanol–water partition coefficient (Wildman–Crippen LogP) is 2.85. The second kappa shape index (κ2) is 10.2. The number of nitrogens with zero attached hydrogens (tertiary/aromatic N) is 1. The van der Waals surface area contributed by atoms with Crippen molar-refractivity contribution in [2.45, 2.75) is 51.7 Å². The van der Waals surface area contributed by atoms with Crippen LogP contribution in [0.3, 0.4) is 0 Å². The van der Waals surface area contributed by atoms with E-state index < -0.39 is 0 Å². The molecular weight excluding hydrogens is 397 g/mol. The molecule has 1 saturated heterocycles. The Bertz CT molecular complexity index is 316. The Morgan fingerprint density at radius 3 is 2.57 bits per heavy atom.